The summed E-state index contributed by atoms with van der Waals surface area (Å²) in [5.74, 6) is 0.960. The third kappa shape index (κ3) is 3.88. The number of hydrogen-bond donors (Lipinski definition) is 1. The molecule has 1 aromatic heterocycles. The zero-order chi connectivity index (χ0) is 12.1. The highest BCUT2D eigenvalue weighted by Gasteiger charge is 2.20. The molecule has 0 atom stereocenters. The molecule has 0 radical (unpaired) electrons. The molecule has 17 heavy (non-hydrogen) atoms. The molecule has 0 aliphatic heterocycles. The summed E-state index contributed by atoms with van der Waals surface area (Å²) in [6.45, 7) is 2.28. The van der Waals surface area contributed by atoms with Crippen LogP contribution in [-0.2, 0) is 0 Å². The molecule has 2 nitrogen and oxygen atoms in total. The summed E-state index contributed by atoms with van der Waals surface area (Å²) in [6.07, 6.45) is 9.85. The van der Waals surface area contributed by atoms with Crippen molar-refractivity contribution < 1.29 is 0 Å². The molecule has 0 aromatic carbocycles. The van der Waals surface area contributed by atoms with Crippen molar-refractivity contribution in [2.45, 2.75) is 51.5 Å². The second-order valence-corrected chi connectivity index (χ2v) is 5.41. The quantitative estimate of drug-likeness (QED) is 0.798. The van der Waals surface area contributed by atoms with E-state index >= 15 is 0 Å². The van der Waals surface area contributed by atoms with Gasteiger partial charge in [-0.25, -0.2) is 4.98 Å². The van der Waals surface area contributed by atoms with E-state index in [0.29, 0.717) is 11.2 Å². The maximum atomic E-state index is 5.77. The van der Waals surface area contributed by atoms with Crippen molar-refractivity contribution in [1.82, 2.24) is 4.98 Å². The van der Waals surface area contributed by atoms with Gasteiger partial charge < -0.3 is 5.32 Å². The van der Waals surface area contributed by atoms with Crippen molar-refractivity contribution in [2.75, 3.05) is 5.32 Å². The van der Waals surface area contributed by atoms with Crippen molar-refractivity contribution >= 4 is 17.3 Å². The third-order valence-electron chi connectivity index (χ3n) is 3.64. The van der Waals surface area contributed by atoms with E-state index in [2.05, 4.69) is 17.2 Å². The van der Waals surface area contributed by atoms with Gasteiger partial charge in [-0.3, -0.25) is 0 Å². The van der Waals surface area contributed by atoms with E-state index in [9.17, 15) is 0 Å². The fourth-order valence-corrected chi connectivity index (χ4v) is 2.81. The number of nitrogens with one attached hydrogen (secondary N) is 1. The molecule has 1 aliphatic carbocycles. The van der Waals surface area contributed by atoms with E-state index in [1.807, 2.05) is 18.3 Å². The van der Waals surface area contributed by atoms with E-state index in [1.54, 1.807) is 0 Å². The molecule has 1 fully saturated rings. The molecule has 1 aromatic rings. The number of aromatic nitrogens is 1. The number of nitrogens with zero attached hydrogens (tertiary/aromatic N) is 1. The summed E-state index contributed by atoms with van der Waals surface area (Å²) in [7, 11) is 0. The Morgan fingerprint density at radius 3 is 2.65 bits per heavy atom. The zero-order valence-electron chi connectivity index (χ0n) is 10.5. The van der Waals surface area contributed by atoms with Crippen molar-refractivity contribution in [3.05, 3.63) is 23.5 Å². The minimum absolute atomic E-state index is 0.558. The average Bonchev–Trinajstić information content (AvgIpc) is 2.35. The Morgan fingerprint density at radius 1 is 1.29 bits per heavy atom. The molecule has 1 saturated carbocycles. The Hall–Kier alpha value is -0.760. The molecule has 94 valence electrons. The molecule has 1 N–H and O–H groups in total. The predicted molar refractivity (Wildman–Crippen MR) is 73.5 cm³/mol. The topological polar surface area (TPSA) is 24.9 Å². The highest BCUT2D eigenvalue weighted by molar-refractivity contribution is 6.29. The summed E-state index contributed by atoms with van der Waals surface area (Å²) in [5.41, 5.74) is 1.09. The Bertz CT molecular complexity index is 329. The summed E-state index contributed by atoms with van der Waals surface area (Å²) in [6, 6.07) is 4.46. The van der Waals surface area contributed by atoms with Crippen LogP contribution in [0, 0.1) is 5.92 Å². The van der Waals surface area contributed by atoms with Crippen molar-refractivity contribution in [1.29, 1.82) is 0 Å². The Kier molecular flexibility index (Phi) is 4.66. The number of hydrogen-bond acceptors (Lipinski definition) is 2. The first-order valence-electron chi connectivity index (χ1n) is 6.66. The van der Waals surface area contributed by atoms with Gasteiger partial charge in [-0.05, 0) is 43.7 Å². The summed E-state index contributed by atoms with van der Waals surface area (Å²) >= 11 is 5.77. The molecule has 1 aliphatic rings. The number of rotatable bonds is 4. The van der Waals surface area contributed by atoms with Gasteiger partial charge in [0.1, 0.15) is 5.15 Å². The van der Waals surface area contributed by atoms with Crippen molar-refractivity contribution in [3.8, 4) is 0 Å². The number of anilines is 1. The minimum atomic E-state index is 0.558. The molecule has 0 bridgehead atoms. The van der Waals surface area contributed by atoms with Gasteiger partial charge in [-0.1, -0.05) is 31.4 Å². The second-order valence-electron chi connectivity index (χ2n) is 5.02. The largest absolute Gasteiger partial charge is 0.381 e. The van der Waals surface area contributed by atoms with Crippen LogP contribution in [0.5, 0.6) is 0 Å². The van der Waals surface area contributed by atoms with Crippen LogP contribution in [0.25, 0.3) is 0 Å². The molecule has 0 amide bonds. The fraction of sp³-hybridized carbons (Fsp3) is 0.643. The summed E-state index contributed by atoms with van der Waals surface area (Å²) in [5, 5.41) is 4.11. The monoisotopic (exact) mass is 252 g/mol. The second kappa shape index (κ2) is 6.25. The van der Waals surface area contributed by atoms with Crippen LogP contribution in [-0.4, -0.2) is 11.0 Å². The van der Waals surface area contributed by atoms with Crippen LogP contribution < -0.4 is 5.32 Å². The normalized spacial score (nSPS) is 24.6. The maximum absolute atomic E-state index is 5.77. The maximum Gasteiger partial charge on any atom is 0.129 e. The SMILES string of the molecule is CCCC1CCC(Nc2ccc(Cl)nc2)CC1. The first-order chi connectivity index (χ1) is 8.28. The molecular weight excluding hydrogens is 232 g/mol. The van der Waals surface area contributed by atoms with E-state index in [-0.39, 0.29) is 0 Å². The van der Waals surface area contributed by atoms with Crippen LogP contribution in [0.1, 0.15) is 45.4 Å². The predicted octanol–water partition coefficient (Wildman–Crippen LogP) is 4.51. The van der Waals surface area contributed by atoms with Gasteiger partial charge in [0.2, 0.25) is 0 Å². The lowest BCUT2D eigenvalue weighted by atomic mass is 9.83. The van der Waals surface area contributed by atoms with Crippen LogP contribution >= 0.6 is 11.6 Å². The van der Waals surface area contributed by atoms with Crippen LogP contribution in [0.4, 0.5) is 5.69 Å². The summed E-state index contributed by atoms with van der Waals surface area (Å²) < 4.78 is 0. The van der Waals surface area contributed by atoms with E-state index < -0.39 is 0 Å². The molecule has 0 unspecified atom stereocenters. The van der Waals surface area contributed by atoms with Gasteiger partial charge in [0, 0.05) is 6.04 Å². The van der Waals surface area contributed by atoms with E-state index in [4.69, 9.17) is 11.6 Å². The van der Waals surface area contributed by atoms with Gasteiger partial charge in [0.25, 0.3) is 0 Å². The van der Waals surface area contributed by atoms with Gasteiger partial charge in [0.15, 0.2) is 0 Å². The van der Waals surface area contributed by atoms with Crippen LogP contribution in [0.2, 0.25) is 5.15 Å². The highest BCUT2D eigenvalue weighted by atomic mass is 35.5. The van der Waals surface area contributed by atoms with E-state index in [1.165, 1.54) is 38.5 Å². The molecule has 1 heterocycles. The molecule has 3 heteroatoms. The fourth-order valence-electron chi connectivity index (χ4n) is 2.70. The number of halogens is 1. The van der Waals surface area contributed by atoms with Crippen molar-refractivity contribution in [2.24, 2.45) is 5.92 Å². The Morgan fingerprint density at radius 2 is 2.06 bits per heavy atom. The standard InChI is InChI=1S/C14H21ClN2/c1-2-3-11-4-6-12(7-5-11)17-13-8-9-14(15)16-10-13/h8-12,17H,2-7H2,1H3. The van der Waals surface area contributed by atoms with Crippen LogP contribution in [0.15, 0.2) is 18.3 Å². The van der Waals surface area contributed by atoms with Gasteiger partial charge in [0.05, 0.1) is 11.9 Å². The lowest BCUT2D eigenvalue weighted by molar-refractivity contribution is 0.319. The van der Waals surface area contributed by atoms with Gasteiger partial charge in [-0.15, -0.1) is 0 Å². The summed E-state index contributed by atoms with van der Waals surface area (Å²) in [4.78, 5) is 4.09. The van der Waals surface area contributed by atoms with Crippen LogP contribution in [0.3, 0.4) is 0 Å². The lowest BCUT2D eigenvalue weighted by Gasteiger charge is -2.29. The molecule has 0 spiro atoms. The first-order valence-corrected chi connectivity index (χ1v) is 7.04. The third-order valence-corrected chi connectivity index (χ3v) is 3.87. The average molecular weight is 253 g/mol. The highest BCUT2D eigenvalue weighted by Crippen LogP contribution is 2.29. The van der Waals surface area contributed by atoms with Gasteiger partial charge in [-0.2, -0.15) is 0 Å². The lowest BCUT2D eigenvalue weighted by Crippen LogP contribution is -2.26. The zero-order valence-corrected chi connectivity index (χ0v) is 11.2. The first kappa shape index (κ1) is 12.7. The van der Waals surface area contributed by atoms with E-state index in [0.717, 1.165) is 11.6 Å². The Balaban J connectivity index is 1.79. The smallest absolute Gasteiger partial charge is 0.129 e. The molecular formula is C14H21ClN2. The minimum Gasteiger partial charge on any atom is -0.381 e. The van der Waals surface area contributed by atoms with Gasteiger partial charge >= 0.3 is 0 Å². The molecule has 2 rings (SSSR count). The Labute approximate surface area is 109 Å². The van der Waals surface area contributed by atoms with Crippen molar-refractivity contribution in [3.63, 3.8) is 0 Å². The molecule has 0 saturated heterocycles. The number of pyridine rings is 1.